The fourth-order valence-corrected chi connectivity index (χ4v) is 2.87. The molecule has 3 aromatic rings. The molecule has 0 atom stereocenters. The van der Waals surface area contributed by atoms with E-state index in [-0.39, 0.29) is 24.0 Å². The molecule has 0 radical (unpaired) electrons. The first-order valence-corrected chi connectivity index (χ1v) is 9.05. The molecule has 0 bridgehead atoms. The second-order valence-corrected chi connectivity index (χ2v) is 6.26. The Hall–Kier alpha value is -3.35. The summed E-state index contributed by atoms with van der Waals surface area (Å²) in [7, 11) is 1.38. The van der Waals surface area contributed by atoms with Crippen LogP contribution in [0.1, 0.15) is 5.56 Å². The van der Waals surface area contributed by atoms with Crippen molar-refractivity contribution >= 4 is 16.7 Å². The third-order valence-corrected chi connectivity index (χ3v) is 4.27. The number of halogens is 2. The molecule has 0 heterocycles. The lowest BCUT2D eigenvalue weighted by molar-refractivity contribution is -0.123. The van der Waals surface area contributed by atoms with E-state index in [1.165, 1.54) is 13.2 Å². The summed E-state index contributed by atoms with van der Waals surface area (Å²) in [6.07, 6.45) is 0.450. The van der Waals surface area contributed by atoms with Crippen LogP contribution in [0.25, 0.3) is 10.8 Å². The highest BCUT2D eigenvalue weighted by Gasteiger charge is 2.11. The summed E-state index contributed by atoms with van der Waals surface area (Å²) in [6, 6.07) is 18.3. The van der Waals surface area contributed by atoms with Gasteiger partial charge in [0, 0.05) is 6.54 Å². The van der Waals surface area contributed by atoms with Crippen molar-refractivity contribution < 1.29 is 27.8 Å². The third-order valence-electron chi connectivity index (χ3n) is 4.27. The Labute approximate surface area is 167 Å². The number of hydrogen-bond donors (Lipinski definition) is 1. The van der Waals surface area contributed by atoms with E-state index in [0.29, 0.717) is 18.7 Å². The van der Waals surface area contributed by atoms with Crippen molar-refractivity contribution in [1.82, 2.24) is 5.32 Å². The van der Waals surface area contributed by atoms with Gasteiger partial charge < -0.3 is 19.5 Å². The highest BCUT2D eigenvalue weighted by molar-refractivity contribution is 5.84. The Kier molecular flexibility index (Phi) is 6.84. The Morgan fingerprint density at radius 3 is 2.55 bits per heavy atom. The van der Waals surface area contributed by atoms with E-state index >= 15 is 0 Å². The molecule has 1 amide bonds. The summed E-state index contributed by atoms with van der Waals surface area (Å²) >= 11 is 0. The second kappa shape index (κ2) is 9.73. The number of fused-ring (bicyclic) bond motifs is 1. The molecule has 29 heavy (non-hydrogen) atoms. The van der Waals surface area contributed by atoms with E-state index < -0.39 is 6.61 Å². The molecule has 3 aromatic carbocycles. The van der Waals surface area contributed by atoms with E-state index in [1.807, 2.05) is 42.5 Å². The largest absolute Gasteiger partial charge is 0.493 e. The molecule has 0 unspecified atom stereocenters. The van der Waals surface area contributed by atoms with Gasteiger partial charge in [-0.3, -0.25) is 4.79 Å². The second-order valence-electron chi connectivity index (χ2n) is 6.26. The van der Waals surface area contributed by atoms with Gasteiger partial charge in [-0.25, -0.2) is 0 Å². The molecular formula is C22H21F2NO4. The number of carbonyl (C=O) groups is 1. The van der Waals surface area contributed by atoms with Gasteiger partial charge in [0.2, 0.25) is 0 Å². The molecular weight excluding hydrogens is 380 g/mol. The van der Waals surface area contributed by atoms with Crippen molar-refractivity contribution in [2.45, 2.75) is 13.0 Å². The number of ether oxygens (including phenoxy) is 3. The van der Waals surface area contributed by atoms with Gasteiger partial charge in [-0.15, -0.1) is 0 Å². The van der Waals surface area contributed by atoms with E-state index in [4.69, 9.17) is 9.47 Å². The van der Waals surface area contributed by atoms with E-state index in [9.17, 15) is 13.6 Å². The predicted octanol–water partition coefficient (Wildman–Crippen LogP) is 4.19. The van der Waals surface area contributed by atoms with Gasteiger partial charge in [0.25, 0.3) is 5.91 Å². The van der Waals surface area contributed by atoms with Crippen LogP contribution < -0.4 is 19.5 Å². The molecule has 0 fully saturated rings. The zero-order valence-corrected chi connectivity index (χ0v) is 15.9. The molecule has 5 nitrogen and oxygen atoms in total. The van der Waals surface area contributed by atoms with Gasteiger partial charge in [0.05, 0.1) is 7.11 Å². The summed E-state index contributed by atoms with van der Waals surface area (Å²) in [5.41, 5.74) is 0.734. The van der Waals surface area contributed by atoms with Crippen LogP contribution in [-0.2, 0) is 11.2 Å². The highest BCUT2D eigenvalue weighted by Crippen LogP contribution is 2.29. The lowest BCUT2D eigenvalue weighted by atomic mass is 10.1. The number of carbonyl (C=O) groups excluding carboxylic acids is 1. The fraction of sp³-hybridized carbons (Fsp3) is 0.227. The van der Waals surface area contributed by atoms with E-state index in [1.54, 1.807) is 12.1 Å². The van der Waals surface area contributed by atoms with Crippen molar-refractivity contribution in [2.75, 3.05) is 20.3 Å². The normalized spacial score (nSPS) is 10.8. The van der Waals surface area contributed by atoms with Crippen LogP contribution in [0.3, 0.4) is 0 Å². The molecule has 0 aliphatic rings. The standard InChI is InChI=1S/C22H21F2NO4/c1-27-19-9-6-15(12-20(19)29-22(23)24)10-11-25-21(26)14-28-18-8-7-16-4-2-3-5-17(16)13-18/h2-9,12-13,22H,10-11,14H2,1H3,(H,25,26). The Morgan fingerprint density at radius 1 is 1.00 bits per heavy atom. The first-order valence-electron chi connectivity index (χ1n) is 9.05. The van der Waals surface area contributed by atoms with Gasteiger partial charge in [-0.2, -0.15) is 8.78 Å². The summed E-state index contributed by atoms with van der Waals surface area (Å²) in [5, 5.41) is 4.87. The zero-order valence-electron chi connectivity index (χ0n) is 15.9. The SMILES string of the molecule is COc1ccc(CCNC(=O)COc2ccc3ccccc3c2)cc1OC(F)F. The molecule has 7 heteroatoms. The Morgan fingerprint density at radius 2 is 1.79 bits per heavy atom. The van der Waals surface area contributed by atoms with Crippen molar-refractivity contribution in [1.29, 1.82) is 0 Å². The van der Waals surface area contributed by atoms with Crippen LogP contribution in [0.4, 0.5) is 8.78 Å². The maximum atomic E-state index is 12.5. The minimum atomic E-state index is -2.94. The van der Waals surface area contributed by atoms with Gasteiger partial charge >= 0.3 is 6.61 Å². The average Bonchev–Trinajstić information content (AvgIpc) is 2.72. The van der Waals surface area contributed by atoms with Crippen LogP contribution in [0.5, 0.6) is 17.2 Å². The maximum absolute atomic E-state index is 12.5. The summed E-state index contributed by atoms with van der Waals surface area (Å²) < 4.78 is 40.0. The average molecular weight is 401 g/mol. The molecule has 0 aliphatic carbocycles. The number of nitrogens with one attached hydrogen (secondary N) is 1. The monoisotopic (exact) mass is 401 g/mol. The van der Waals surface area contributed by atoms with E-state index in [0.717, 1.165) is 16.3 Å². The molecule has 152 valence electrons. The third kappa shape index (κ3) is 5.81. The van der Waals surface area contributed by atoms with Crippen LogP contribution in [0.15, 0.2) is 60.7 Å². The molecule has 0 saturated heterocycles. The number of amides is 1. The van der Waals surface area contributed by atoms with Crippen LogP contribution in [0, 0.1) is 0 Å². The van der Waals surface area contributed by atoms with Crippen molar-refractivity contribution in [3.63, 3.8) is 0 Å². The molecule has 0 aliphatic heterocycles. The lowest BCUT2D eigenvalue weighted by Crippen LogP contribution is -2.30. The first kappa shape index (κ1) is 20.4. The van der Waals surface area contributed by atoms with Gasteiger partial charge in [-0.1, -0.05) is 36.4 Å². The maximum Gasteiger partial charge on any atom is 0.387 e. The summed E-state index contributed by atoms with van der Waals surface area (Å²) in [4.78, 5) is 12.0. The Balaban J connectivity index is 1.48. The molecule has 3 rings (SSSR count). The predicted molar refractivity (Wildman–Crippen MR) is 106 cm³/mol. The van der Waals surface area contributed by atoms with Crippen LogP contribution in [0.2, 0.25) is 0 Å². The fourth-order valence-electron chi connectivity index (χ4n) is 2.87. The summed E-state index contributed by atoms with van der Waals surface area (Å²) in [5.74, 6) is 0.534. The topological polar surface area (TPSA) is 56.8 Å². The number of rotatable bonds is 9. The van der Waals surface area contributed by atoms with Crippen LogP contribution >= 0.6 is 0 Å². The zero-order chi connectivity index (χ0) is 20.6. The minimum Gasteiger partial charge on any atom is -0.493 e. The first-order chi connectivity index (χ1) is 14.0. The summed E-state index contributed by atoms with van der Waals surface area (Å²) in [6.45, 7) is -2.72. The van der Waals surface area contributed by atoms with Crippen molar-refractivity contribution in [2.24, 2.45) is 0 Å². The molecule has 0 spiro atoms. The van der Waals surface area contributed by atoms with Crippen molar-refractivity contribution in [3.05, 3.63) is 66.2 Å². The van der Waals surface area contributed by atoms with E-state index in [2.05, 4.69) is 10.1 Å². The molecule has 0 aromatic heterocycles. The highest BCUT2D eigenvalue weighted by atomic mass is 19.3. The van der Waals surface area contributed by atoms with Gasteiger partial charge in [-0.05, 0) is 47.0 Å². The van der Waals surface area contributed by atoms with Gasteiger partial charge in [0.15, 0.2) is 18.1 Å². The molecule has 0 saturated carbocycles. The minimum absolute atomic E-state index is 0.0361. The quantitative estimate of drug-likeness (QED) is 0.584. The number of alkyl halides is 2. The Bertz CT molecular complexity index is 978. The van der Waals surface area contributed by atoms with Crippen molar-refractivity contribution in [3.8, 4) is 17.2 Å². The number of hydrogen-bond acceptors (Lipinski definition) is 4. The number of methoxy groups -OCH3 is 1. The molecule has 1 N–H and O–H groups in total. The smallest absolute Gasteiger partial charge is 0.387 e. The van der Waals surface area contributed by atoms with Crippen LogP contribution in [-0.4, -0.2) is 32.8 Å². The van der Waals surface area contributed by atoms with Gasteiger partial charge in [0.1, 0.15) is 5.75 Å². The number of benzene rings is 3. The lowest BCUT2D eigenvalue weighted by Gasteiger charge is -2.12.